The quantitative estimate of drug-likeness (QED) is 0.734. The molecule has 3 N–H and O–H groups in total. The molecule has 0 radical (unpaired) electrons. The molecule has 0 saturated carbocycles. The van der Waals surface area contributed by atoms with E-state index < -0.39 is 15.9 Å². The standard InChI is InChI=1S/C19H23N5O3S/c20-28(26,17-10-21-24-7-8-27-11-16(17)24)23-19(25)22-18-14-5-1-3-12(14)9-13-4-2-6-15(13)18/h9-10H,1-8,11H2,(H3,20,22,23,25,26). The number of fused-ring (bicyclic) bond motifs is 3. The van der Waals surface area contributed by atoms with Crippen LogP contribution in [-0.4, -0.2) is 26.6 Å². The molecule has 1 aromatic heterocycles. The van der Waals surface area contributed by atoms with Gasteiger partial charge in [-0.05, 0) is 60.8 Å². The van der Waals surface area contributed by atoms with Gasteiger partial charge >= 0.3 is 6.03 Å². The number of rotatable bonds is 3. The topological polar surface area (TPSA) is 109 Å². The van der Waals surface area contributed by atoms with Crippen LogP contribution in [0.15, 0.2) is 17.2 Å². The first-order valence-corrected chi connectivity index (χ1v) is 11.3. The predicted molar refractivity (Wildman–Crippen MR) is 104 cm³/mol. The number of nitrogens with zero attached hydrogens (tertiary/aromatic N) is 2. The van der Waals surface area contributed by atoms with Gasteiger partial charge in [0.15, 0.2) is 9.92 Å². The first kappa shape index (κ1) is 17.7. The summed E-state index contributed by atoms with van der Waals surface area (Å²) in [6.45, 7) is 1.33. The van der Waals surface area contributed by atoms with Crippen molar-refractivity contribution in [2.45, 2.75) is 56.6 Å². The van der Waals surface area contributed by atoms with Crippen molar-refractivity contribution in [2.75, 3.05) is 11.9 Å². The molecular weight excluding hydrogens is 378 g/mol. The van der Waals surface area contributed by atoms with Crippen LogP contribution < -0.4 is 10.0 Å². The van der Waals surface area contributed by atoms with E-state index in [1.165, 1.54) is 28.5 Å². The Bertz CT molecular complexity index is 1040. The van der Waals surface area contributed by atoms with Gasteiger partial charge in [-0.3, -0.25) is 4.68 Å². The highest BCUT2D eigenvalue weighted by atomic mass is 32.2. The summed E-state index contributed by atoms with van der Waals surface area (Å²) in [6.07, 6.45) is 7.55. The molecule has 3 aliphatic rings. The third-order valence-electron chi connectivity index (χ3n) is 5.85. The van der Waals surface area contributed by atoms with Crippen molar-refractivity contribution in [3.05, 3.63) is 40.2 Å². The summed E-state index contributed by atoms with van der Waals surface area (Å²) in [5.41, 5.74) is 6.48. The van der Waals surface area contributed by atoms with Crippen LogP contribution in [0.25, 0.3) is 0 Å². The molecule has 5 rings (SSSR count). The second-order valence-electron chi connectivity index (χ2n) is 7.58. The van der Waals surface area contributed by atoms with E-state index in [0.29, 0.717) is 18.8 Å². The molecule has 28 heavy (non-hydrogen) atoms. The van der Waals surface area contributed by atoms with Gasteiger partial charge in [0.05, 0.1) is 31.6 Å². The molecule has 0 saturated heterocycles. The summed E-state index contributed by atoms with van der Waals surface area (Å²) < 4.78 is 30.7. The van der Waals surface area contributed by atoms with Gasteiger partial charge in [0.2, 0.25) is 0 Å². The van der Waals surface area contributed by atoms with E-state index in [9.17, 15) is 9.00 Å². The SMILES string of the molecule is N=S(=O)(NC(=O)Nc1c2c(cc3c1CCC3)CCC2)c1cnn2c1COCC2. The molecule has 8 nitrogen and oxygen atoms in total. The van der Waals surface area contributed by atoms with E-state index in [4.69, 9.17) is 9.52 Å². The number of benzene rings is 1. The highest BCUT2D eigenvalue weighted by Gasteiger charge is 2.27. The molecule has 0 fully saturated rings. The molecule has 0 spiro atoms. The minimum atomic E-state index is -3.53. The summed E-state index contributed by atoms with van der Waals surface area (Å²) in [4.78, 5) is 12.9. The number of nitrogens with one attached hydrogen (secondary N) is 3. The van der Waals surface area contributed by atoms with Crippen LogP contribution in [0.5, 0.6) is 0 Å². The number of carbonyl (C=O) groups excluding carboxylic acids is 1. The summed E-state index contributed by atoms with van der Waals surface area (Å²) >= 11 is 0. The van der Waals surface area contributed by atoms with Crippen molar-refractivity contribution >= 4 is 21.6 Å². The van der Waals surface area contributed by atoms with Crippen LogP contribution >= 0.6 is 0 Å². The molecule has 2 aliphatic carbocycles. The zero-order valence-corrected chi connectivity index (χ0v) is 16.4. The van der Waals surface area contributed by atoms with Crippen molar-refractivity contribution in [3.63, 3.8) is 0 Å². The molecule has 1 aliphatic heterocycles. The van der Waals surface area contributed by atoms with Crippen LogP contribution in [0.3, 0.4) is 0 Å². The van der Waals surface area contributed by atoms with E-state index in [2.05, 4.69) is 21.2 Å². The van der Waals surface area contributed by atoms with Gasteiger partial charge in [-0.1, -0.05) is 6.07 Å². The fourth-order valence-electron chi connectivity index (χ4n) is 4.58. The fourth-order valence-corrected chi connectivity index (χ4v) is 5.70. The van der Waals surface area contributed by atoms with Crippen LogP contribution in [-0.2, 0) is 53.5 Å². The van der Waals surface area contributed by atoms with Gasteiger partial charge in [-0.15, -0.1) is 0 Å². The van der Waals surface area contributed by atoms with Crippen LogP contribution in [0.1, 0.15) is 40.8 Å². The molecule has 2 amide bonds. The average molecular weight is 401 g/mol. The number of carbonyl (C=O) groups is 1. The van der Waals surface area contributed by atoms with Crippen LogP contribution in [0.2, 0.25) is 0 Å². The molecule has 0 bridgehead atoms. The molecule has 2 heterocycles. The highest BCUT2D eigenvalue weighted by molar-refractivity contribution is 7.91. The van der Waals surface area contributed by atoms with E-state index in [-0.39, 0.29) is 11.5 Å². The number of anilines is 1. The van der Waals surface area contributed by atoms with Crippen molar-refractivity contribution in [2.24, 2.45) is 0 Å². The Morgan fingerprint density at radius 3 is 2.61 bits per heavy atom. The number of aromatic nitrogens is 2. The third-order valence-corrected chi connectivity index (χ3v) is 7.29. The molecule has 1 unspecified atom stereocenters. The van der Waals surface area contributed by atoms with Crippen molar-refractivity contribution < 1.29 is 13.7 Å². The molecule has 1 atom stereocenters. The zero-order valence-electron chi connectivity index (χ0n) is 15.5. The largest absolute Gasteiger partial charge is 0.373 e. The molecule has 2 aromatic rings. The highest BCUT2D eigenvalue weighted by Crippen LogP contribution is 2.38. The van der Waals surface area contributed by atoms with Crippen molar-refractivity contribution in [3.8, 4) is 0 Å². The number of amides is 2. The van der Waals surface area contributed by atoms with Gasteiger partial charge in [-0.2, -0.15) is 5.10 Å². The van der Waals surface area contributed by atoms with Gasteiger partial charge in [0, 0.05) is 5.69 Å². The van der Waals surface area contributed by atoms with E-state index >= 15 is 0 Å². The van der Waals surface area contributed by atoms with Gasteiger partial charge in [0.1, 0.15) is 4.90 Å². The Hall–Kier alpha value is -2.39. The monoisotopic (exact) mass is 401 g/mol. The Balaban J connectivity index is 1.41. The van der Waals surface area contributed by atoms with Crippen molar-refractivity contribution in [1.82, 2.24) is 14.5 Å². The number of aryl methyl sites for hydroxylation is 2. The van der Waals surface area contributed by atoms with Gasteiger partial charge < -0.3 is 10.1 Å². The minimum absolute atomic E-state index is 0.214. The smallest absolute Gasteiger partial charge is 0.331 e. The van der Waals surface area contributed by atoms with Gasteiger partial charge in [0.25, 0.3) is 0 Å². The van der Waals surface area contributed by atoms with Crippen LogP contribution in [0.4, 0.5) is 10.5 Å². The number of hydrogen-bond acceptors (Lipinski definition) is 5. The first-order chi connectivity index (χ1) is 13.5. The zero-order chi connectivity index (χ0) is 19.3. The molecule has 9 heteroatoms. The summed E-state index contributed by atoms with van der Waals surface area (Å²) in [7, 11) is -3.53. The number of urea groups is 1. The maximum absolute atomic E-state index is 13.0. The van der Waals surface area contributed by atoms with Crippen LogP contribution in [0, 0.1) is 4.78 Å². The first-order valence-electron chi connectivity index (χ1n) is 9.69. The Labute approximate surface area is 163 Å². The average Bonchev–Trinajstić information content (AvgIpc) is 3.39. The predicted octanol–water partition coefficient (Wildman–Crippen LogP) is 2.53. The molecule has 148 valence electrons. The number of ether oxygens (including phenoxy) is 1. The Morgan fingerprint density at radius 1 is 1.18 bits per heavy atom. The van der Waals surface area contributed by atoms with Gasteiger partial charge in [-0.25, -0.2) is 18.5 Å². The lowest BCUT2D eigenvalue weighted by atomic mass is 9.99. The fraction of sp³-hybridized carbons (Fsp3) is 0.474. The Kier molecular flexibility index (Phi) is 4.17. The second kappa shape index (κ2) is 6.59. The second-order valence-corrected chi connectivity index (χ2v) is 9.33. The lowest BCUT2D eigenvalue weighted by Gasteiger charge is -2.18. The van der Waals surface area contributed by atoms with E-state index in [0.717, 1.165) is 44.2 Å². The summed E-state index contributed by atoms with van der Waals surface area (Å²) in [5, 5.41) is 7.11. The Morgan fingerprint density at radius 2 is 1.89 bits per heavy atom. The van der Waals surface area contributed by atoms with Crippen molar-refractivity contribution in [1.29, 1.82) is 4.78 Å². The lowest BCUT2D eigenvalue weighted by molar-refractivity contribution is 0.0781. The maximum Gasteiger partial charge on any atom is 0.331 e. The maximum atomic E-state index is 13.0. The number of hydrogen-bond donors (Lipinski definition) is 3. The summed E-state index contributed by atoms with van der Waals surface area (Å²) in [6, 6.07) is 1.69. The molecular formula is C19H23N5O3S. The normalized spacial score (nSPS) is 19.4. The minimum Gasteiger partial charge on any atom is -0.373 e. The lowest BCUT2D eigenvalue weighted by Crippen LogP contribution is -2.35. The summed E-state index contributed by atoms with van der Waals surface area (Å²) in [5.74, 6) is 0. The van der Waals surface area contributed by atoms with E-state index in [1.54, 1.807) is 4.68 Å². The van der Waals surface area contributed by atoms with E-state index in [1.807, 2.05) is 0 Å². The molecule has 1 aromatic carbocycles. The third kappa shape index (κ3) is 2.89.